The molecular weight excluding hydrogens is 328 g/mol. The van der Waals surface area contributed by atoms with Crippen molar-refractivity contribution in [2.24, 2.45) is 0 Å². The molecule has 0 aliphatic carbocycles. The van der Waals surface area contributed by atoms with E-state index in [1.807, 2.05) is 0 Å². The molecule has 2 heterocycles. The second-order valence-electron chi connectivity index (χ2n) is 5.77. The van der Waals surface area contributed by atoms with Gasteiger partial charge in [-0.25, -0.2) is 17.2 Å². The Morgan fingerprint density at radius 2 is 2.17 bits per heavy atom. The second-order valence-corrected chi connectivity index (χ2v) is 7.79. The molecule has 6 nitrogen and oxygen atoms in total. The normalized spacial score (nSPS) is 25.5. The Labute approximate surface area is 132 Å². The average Bonchev–Trinajstić information content (AvgIpc) is 3.01. The highest BCUT2D eigenvalue weighted by Crippen LogP contribution is 2.28. The molecule has 3 rings (SSSR count). The van der Waals surface area contributed by atoms with Crippen LogP contribution in [-0.2, 0) is 14.8 Å². The molecule has 0 radical (unpaired) electrons. The summed E-state index contributed by atoms with van der Waals surface area (Å²) < 4.78 is 51.4. The van der Waals surface area contributed by atoms with E-state index in [1.165, 1.54) is 10.4 Å². The van der Waals surface area contributed by atoms with E-state index in [4.69, 9.17) is 0 Å². The fourth-order valence-electron chi connectivity index (χ4n) is 2.80. The van der Waals surface area contributed by atoms with Crippen LogP contribution in [0.5, 0.6) is 0 Å². The van der Waals surface area contributed by atoms with Crippen molar-refractivity contribution in [2.45, 2.75) is 24.8 Å². The van der Waals surface area contributed by atoms with Crippen molar-refractivity contribution < 1.29 is 22.0 Å². The Morgan fingerprint density at radius 3 is 2.78 bits per heavy atom. The van der Waals surface area contributed by atoms with Gasteiger partial charge in [0.1, 0.15) is 0 Å². The summed E-state index contributed by atoms with van der Waals surface area (Å²) in [5.74, 6) is -3.33. The second kappa shape index (κ2) is 5.72. The number of nitrogens with zero attached hydrogens (tertiary/aromatic N) is 1. The van der Waals surface area contributed by atoms with E-state index >= 15 is 0 Å². The SMILES string of the molecule is O=C(Nc1cccc(N2CCCS2(=O)=O)c1)C1CC(F)(F)CN1. The Morgan fingerprint density at radius 1 is 1.39 bits per heavy atom. The van der Waals surface area contributed by atoms with Gasteiger partial charge in [-0.15, -0.1) is 0 Å². The summed E-state index contributed by atoms with van der Waals surface area (Å²) >= 11 is 0. The maximum absolute atomic E-state index is 13.1. The first-order chi connectivity index (χ1) is 10.8. The number of hydrogen-bond donors (Lipinski definition) is 2. The van der Waals surface area contributed by atoms with Crippen molar-refractivity contribution in [3.05, 3.63) is 24.3 Å². The average molecular weight is 345 g/mol. The third-order valence-electron chi connectivity index (χ3n) is 3.93. The number of benzene rings is 1. The lowest BCUT2D eigenvalue weighted by Crippen LogP contribution is -2.35. The van der Waals surface area contributed by atoms with Crippen LogP contribution in [0, 0.1) is 0 Å². The molecule has 2 saturated heterocycles. The maximum Gasteiger partial charge on any atom is 0.262 e. The molecule has 0 bridgehead atoms. The van der Waals surface area contributed by atoms with Crippen LogP contribution in [0.25, 0.3) is 0 Å². The third kappa shape index (κ3) is 3.45. The van der Waals surface area contributed by atoms with Gasteiger partial charge in [0.05, 0.1) is 24.0 Å². The summed E-state index contributed by atoms with van der Waals surface area (Å²) in [6, 6.07) is 5.44. The number of hydrogen-bond acceptors (Lipinski definition) is 4. The summed E-state index contributed by atoms with van der Waals surface area (Å²) in [5.41, 5.74) is 0.844. The lowest BCUT2D eigenvalue weighted by Gasteiger charge is -2.18. The monoisotopic (exact) mass is 345 g/mol. The van der Waals surface area contributed by atoms with E-state index in [-0.39, 0.29) is 5.75 Å². The lowest BCUT2D eigenvalue weighted by molar-refractivity contribution is -0.118. The summed E-state index contributed by atoms with van der Waals surface area (Å²) in [5, 5.41) is 5.04. The van der Waals surface area contributed by atoms with Gasteiger partial charge in [-0.3, -0.25) is 14.4 Å². The quantitative estimate of drug-likeness (QED) is 0.862. The molecule has 2 fully saturated rings. The standard InChI is InChI=1S/C14H17F2N3O3S/c15-14(16)8-12(17-9-14)13(20)18-10-3-1-4-11(7-10)19-5-2-6-23(19,21)22/h1,3-4,7,12,17H,2,5-6,8-9H2,(H,18,20). The van der Waals surface area contributed by atoms with Crippen LogP contribution >= 0.6 is 0 Å². The van der Waals surface area contributed by atoms with Gasteiger partial charge in [0.15, 0.2) is 0 Å². The summed E-state index contributed by atoms with van der Waals surface area (Å²) in [7, 11) is -3.31. The maximum atomic E-state index is 13.1. The van der Waals surface area contributed by atoms with Gasteiger partial charge in [-0.2, -0.15) is 0 Å². The molecule has 1 amide bonds. The summed E-state index contributed by atoms with van der Waals surface area (Å²) in [4.78, 5) is 12.0. The molecule has 9 heteroatoms. The van der Waals surface area contributed by atoms with Gasteiger partial charge >= 0.3 is 0 Å². The highest BCUT2D eigenvalue weighted by Gasteiger charge is 2.42. The van der Waals surface area contributed by atoms with E-state index < -0.39 is 40.9 Å². The molecule has 0 spiro atoms. The van der Waals surface area contributed by atoms with Crippen molar-refractivity contribution in [3.63, 3.8) is 0 Å². The number of anilines is 2. The smallest absolute Gasteiger partial charge is 0.262 e. The van der Waals surface area contributed by atoms with Crippen LogP contribution in [0.1, 0.15) is 12.8 Å². The van der Waals surface area contributed by atoms with Crippen LogP contribution in [0.2, 0.25) is 0 Å². The van der Waals surface area contributed by atoms with E-state index in [1.54, 1.807) is 18.2 Å². The number of carbonyl (C=O) groups excluding carboxylic acids is 1. The zero-order valence-electron chi connectivity index (χ0n) is 12.3. The zero-order valence-corrected chi connectivity index (χ0v) is 13.1. The van der Waals surface area contributed by atoms with Crippen molar-refractivity contribution in [3.8, 4) is 0 Å². The number of carbonyl (C=O) groups is 1. The van der Waals surface area contributed by atoms with E-state index in [0.29, 0.717) is 24.3 Å². The first-order valence-corrected chi connectivity index (χ1v) is 8.90. The lowest BCUT2D eigenvalue weighted by atomic mass is 10.1. The number of nitrogens with one attached hydrogen (secondary N) is 2. The molecule has 2 N–H and O–H groups in total. The largest absolute Gasteiger partial charge is 0.325 e. The van der Waals surface area contributed by atoms with Crippen molar-refractivity contribution in [1.29, 1.82) is 0 Å². The van der Waals surface area contributed by atoms with Gasteiger partial charge in [0, 0.05) is 18.7 Å². The Hall–Kier alpha value is -1.74. The molecule has 0 saturated carbocycles. The van der Waals surface area contributed by atoms with Gasteiger partial charge in [-0.05, 0) is 24.6 Å². The molecular formula is C14H17F2N3O3S. The fraction of sp³-hybridized carbons (Fsp3) is 0.500. The van der Waals surface area contributed by atoms with E-state index in [9.17, 15) is 22.0 Å². The molecule has 1 aromatic rings. The number of halogens is 2. The summed E-state index contributed by atoms with van der Waals surface area (Å²) in [6.45, 7) is -0.118. The van der Waals surface area contributed by atoms with Crippen LogP contribution in [0.15, 0.2) is 24.3 Å². The minimum absolute atomic E-state index is 0.102. The number of alkyl halides is 2. The van der Waals surface area contributed by atoms with Gasteiger partial charge in [0.25, 0.3) is 5.92 Å². The highest BCUT2D eigenvalue weighted by atomic mass is 32.2. The highest BCUT2D eigenvalue weighted by molar-refractivity contribution is 7.93. The minimum atomic E-state index is -3.31. The summed E-state index contributed by atoms with van der Waals surface area (Å²) in [6.07, 6.45) is 0.0129. The van der Waals surface area contributed by atoms with Crippen LogP contribution in [0.3, 0.4) is 0 Å². The molecule has 0 aromatic heterocycles. The number of sulfonamides is 1. The number of amides is 1. The van der Waals surface area contributed by atoms with E-state index in [2.05, 4.69) is 10.6 Å². The molecule has 1 atom stereocenters. The van der Waals surface area contributed by atoms with Crippen LogP contribution in [0.4, 0.5) is 20.2 Å². The van der Waals surface area contributed by atoms with Crippen LogP contribution in [-0.4, -0.2) is 45.1 Å². The zero-order chi connectivity index (χ0) is 16.7. The van der Waals surface area contributed by atoms with Gasteiger partial charge < -0.3 is 5.32 Å². The van der Waals surface area contributed by atoms with Crippen molar-refractivity contribution >= 4 is 27.3 Å². The molecule has 126 valence electrons. The molecule has 2 aliphatic heterocycles. The molecule has 2 aliphatic rings. The Bertz CT molecular complexity index is 724. The van der Waals surface area contributed by atoms with E-state index in [0.717, 1.165) is 0 Å². The van der Waals surface area contributed by atoms with Gasteiger partial charge in [-0.1, -0.05) is 6.07 Å². The first-order valence-electron chi connectivity index (χ1n) is 7.29. The predicted molar refractivity (Wildman–Crippen MR) is 82.2 cm³/mol. The fourth-order valence-corrected chi connectivity index (χ4v) is 4.35. The van der Waals surface area contributed by atoms with Crippen molar-refractivity contribution in [1.82, 2.24) is 5.32 Å². The van der Waals surface area contributed by atoms with Crippen LogP contribution < -0.4 is 14.9 Å². The molecule has 1 unspecified atom stereocenters. The number of rotatable bonds is 3. The minimum Gasteiger partial charge on any atom is -0.325 e. The van der Waals surface area contributed by atoms with Gasteiger partial charge in [0.2, 0.25) is 15.9 Å². The Balaban J connectivity index is 1.72. The third-order valence-corrected chi connectivity index (χ3v) is 5.80. The first kappa shape index (κ1) is 16.1. The topological polar surface area (TPSA) is 78.5 Å². The molecule has 23 heavy (non-hydrogen) atoms. The molecule has 1 aromatic carbocycles. The van der Waals surface area contributed by atoms with Crippen molar-refractivity contribution in [2.75, 3.05) is 28.5 Å². The Kier molecular flexibility index (Phi) is 4.01. The predicted octanol–water partition coefficient (Wildman–Crippen LogP) is 1.16.